The number of carbonyl (C=O) groups excluding carboxylic acids is 2. The van der Waals surface area contributed by atoms with E-state index in [2.05, 4.69) is 15.3 Å². The van der Waals surface area contributed by atoms with Crippen LogP contribution in [0.3, 0.4) is 0 Å². The minimum absolute atomic E-state index is 0.0782. The molecule has 0 atom stereocenters. The highest BCUT2D eigenvalue weighted by atomic mass is 35.5. The minimum atomic E-state index is -0.474. The first kappa shape index (κ1) is 21.8. The molecule has 4 rings (SSSR count). The van der Waals surface area contributed by atoms with E-state index in [0.29, 0.717) is 21.5 Å². The first-order chi connectivity index (χ1) is 15.1. The monoisotopic (exact) mass is 473 g/mol. The van der Waals surface area contributed by atoms with Gasteiger partial charge in [0.25, 0.3) is 5.91 Å². The molecule has 0 fully saturated rings. The van der Waals surface area contributed by atoms with Gasteiger partial charge in [0.1, 0.15) is 5.00 Å². The second-order valence-electron chi connectivity index (χ2n) is 6.98. The third-order valence-electron chi connectivity index (χ3n) is 4.94. The minimum Gasteiger partial charge on any atom is -0.465 e. The Labute approximate surface area is 193 Å². The summed E-state index contributed by atoms with van der Waals surface area (Å²) in [7, 11) is 1.35. The molecule has 2 heterocycles. The number of nitrogens with zero attached hydrogens (tertiary/aromatic N) is 2. The van der Waals surface area contributed by atoms with Crippen LogP contribution in [0.25, 0.3) is 0 Å². The molecule has 1 N–H and O–H groups in total. The normalized spacial score (nSPS) is 12.8. The van der Waals surface area contributed by atoms with Gasteiger partial charge in [-0.15, -0.1) is 11.3 Å². The topological polar surface area (TPSA) is 81.2 Å². The zero-order valence-electron chi connectivity index (χ0n) is 16.8. The average Bonchev–Trinajstić information content (AvgIpc) is 3.16. The molecule has 1 aliphatic carbocycles. The molecule has 1 amide bonds. The fourth-order valence-electron chi connectivity index (χ4n) is 3.44. The molecule has 160 valence electrons. The SMILES string of the molecule is COC(=O)c1c(NC(=O)c2nc(SCc3ccccc3)ncc2Cl)sc2c1CCCC2. The number of aromatic nitrogens is 2. The van der Waals surface area contributed by atoms with Gasteiger partial charge in [0.15, 0.2) is 10.9 Å². The van der Waals surface area contributed by atoms with Crippen LogP contribution in [0.5, 0.6) is 0 Å². The van der Waals surface area contributed by atoms with Crippen molar-refractivity contribution in [2.24, 2.45) is 0 Å². The standard InChI is InChI=1S/C22H20ClN3O3S2/c1-29-21(28)17-14-9-5-6-10-16(14)31-20(17)26-19(27)18-15(23)11-24-22(25-18)30-12-13-7-3-2-4-8-13/h2-4,7-8,11H,5-6,9-10,12H2,1H3,(H,26,27). The first-order valence-electron chi connectivity index (χ1n) is 9.80. The molecule has 31 heavy (non-hydrogen) atoms. The largest absolute Gasteiger partial charge is 0.465 e. The molecule has 0 aliphatic heterocycles. The van der Waals surface area contributed by atoms with Gasteiger partial charge in [0.05, 0.1) is 23.9 Å². The molecule has 0 saturated carbocycles. The maximum Gasteiger partial charge on any atom is 0.341 e. The Bertz CT molecular complexity index is 1120. The molecule has 0 unspecified atom stereocenters. The third-order valence-corrected chi connectivity index (χ3v) is 7.35. The molecular formula is C22H20ClN3O3S2. The highest BCUT2D eigenvalue weighted by Crippen LogP contribution is 2.39. The van der Waals surface area contributed by atoms with Gasteiger partial charge in [0, 0.05) is 10.6 Å². The lowest BCUT2D eigenvalue weighted by atomic mass is 9.95. The highest BCUT2D eigenvalue weighted by Gasteiger charge is 2.28. The third kappa shape index (κ3) is 4.92. The van der Waals surface area contributed by atoms with E-state index in [1.165, 1.54) is 36.4 Å². The van der Waals surface area contributed by atoms with E-state index in [4.69, 9.17) is 16.3 Å². The van der Waals surface area contributed by atoms with Gasteiger partial charge in [-0.1, -0.05) is 53.7 Å². The van der Waals surface area contributed by atoms with E-state index in [1.807, 2.05) is 30.3 Å². The highest BCUT2D eigenvalue weighted by molar-refractivity contribution is 7.98. The number of nitrogens with one attached hydrogen (secondary N) is 1. The molecule has 0 bridgehead atoms. The van der Waals surface area contributed by atoms with Crippen molar-refractivity contribution < 1.29 is 14.3 Å². The number of benzene rings is 1. The fraction of sp³-hybridized carbons (Fsp3) is 0.273. The molecule has 1 aliphatic rings. The number of hydrogen-bond donors (Lipinski definition) is 1. The van der Waals surface area contributed by atoms with Crippen LogP contribution in [0.15, 0.2) is 41.7 Å². The molecule has 0 spiro atoms. The number of methoxy groups -OCH3 is 1. The van der Waals surface area contributed by atoms with Crippen LogP contribution in [0.1, 0.15) is 49.7 Å². The number of rotatable bonds is 6. The Kier molecular flexibility index (Phi) is 6.89. The Balaban J connectivity index is 1.56. The van der Waals surface area contributed by atoms with Crippen molar-refractivity contribution in [2.45, 2.75) is 36.6 Å². The van der Waals surface area contributed by atoms with E-state index in [-0.39, 0.29) is 10.7 Å². The maximum absolute atomic E-state index is 13.0. The summed E-state index contributed by atoms with van der Waals surface area (Å²) >= 11 is 9.07. The van der Waals surface area contributed by atoms with Crippen LogP contribution in [0.2, 0.25) is 5.02 Å². The molecular weight excluding hydrogens is 454 g/mol. The summed E-state index contributed by atoms with van der Waals surface area (Å²) in [5.41, 5.74) is 2.63. The van der Waals surface area contributed by atoms with Gasteiger partial charge in [0.2, 0.25) is 0 Å². The summed E-state index contributed by atoms with van der Waals surface area (Å²) in [6.45, 7) is 0. The van der Waals surface area contributed by atoms with E-state index in [1.54, 1.807) is 0 Å². The molecule has 1 aromatic carbocycles. The van der Waals surface area contributed by atoms with Crippen LogP contribution in [-0.4, -0.2) is 29.0 Å². The summed E-state index contributed by atoms with van der Waals surface area (Å²) in [6, 6.07) is 9.93. The predicted octanol–water partition coefficient (Wildman–Crippen LogP) is 5.40. The number of hydrogen-bond acceptors (Lipinski definition) is 7. The van der Waals surface area contributed by atoms with Crippen molar-refractivity contribution >= 4 is 51.6 Å². The summed E-state index contributed by atoms with van der Waals surface area (Å²) in [5.74, 6) is -0.242. The van der Waals surface area contributed by atoms with Crippen LogP contribution >= 0.6 is 34.7 Å². The number of thiophene rings is 1. The summed E-state index contributed by atoms with van der Waals surface area (Å²) in [6.07, 6.45) is 5.22. The van der Waals surface area contributed by atoms with Crippen molar-refractivity contribution in [3.63, 3.8) is 0 Å². The number of amides is 1. The lowest BCUT2D eigenvalue weighted by Crippen LogP contribution is -2.17. The number of thioether (sulfide) groups is 1. The van der Waals surface area contributed by atoms with Crippen LogP contribution < -0.4 is 5.32 Å². The molecule has 9 heteroatoms. The van der Waals surface area contributed by atoms with Crippen LogP contribution in [0.4, 0.5) is 5.00 Å². The van der Waals surface area contributed by atoms with E-state index < -0.39 is 11.9 Å². The number of aryl methyl sites for hydroxylation is 1. The Morgan fingerprint density at radius 3 is 2.77 bits per heavy atom. The lowest BCUT2D eigenvalue weighted by molar-refractivity contribution is 0.0601. The maximum atomic E-state index is 13.0. The predicted molar refractivity (Wildman–Crippen MR) is 123 cm³/mol. The van der Waals surface area contributed by atoms with Gasteiger partial charge >= 0.3 is 5.97 Å². The van der Waals surface area contributed by atoms with Crippen molar-refractivity contribution in [2.75, 3.05) is 12.4 Å². The van der Waals surface area contributed by atoms with Crippen molar-refractivity contribution in [1.82, 2.24) is 9.97 Å². The zero-order valence-corrected chi connectivity index (χ0v) is 19.2. The average molecular weight is 474 g/mol. The quantitative estimate of drug-likeness (QED) is 0.293. The Hall–Kier alpha value is -2.42. The second-order valence-corrected chi connectivity index (χ2v) is 9.44. The number of ether oxygens (including phenoxy) is 1. The number of anilines is 1. The summed E-state index contributed by atoms with van der Waals surface area (Å²) < 4.78 is 4.97. The zero-order chi connectivity index (χ0) is 21.8. The Morgan fingerprint density at radius 2 is 2.00 bits per heavy atom. The summed E-state index contributed by atoms with van der Waals surface area (Å²) in [5, 5.41) is 3.93. The number of carbonyl (C=O) groups is 2. The van der Waals surface area contributed by atoms with Gasteiger partial charge in [-0.3, -0.25) is 4.79 Å². The van der Waals surface area contributed by atoms with E-state index in [9.17, 15) is 9.59 Å². The molecule has 2 aromatic heterocycles. The molecule has 6 nitrogen and oxygen atoms in total. The molecule has 3 aromatic rings. The van der Waals surface area contributed by atoms with Gasteiger partial charge in [-0.05, 0) is 36.8 Å². The van der Waals surface area contributed by atoms with E-state index >= 15 is 0 Å². The smallest absolute Gasteiger partial charge is 0.341 e. The lowest BCUT2D eigenvalue weighted by Gasteiger charge is -2.12. The van der Waals surface area contributed by atoms with Gasteiger partial charge < -0.3 is 10.1 Å². The van der Waals surface area contributed by atoms with Crippen LogP contribution in [0, 0.1) is 0 Å². The van der Waals surface area contributed by atoms with Crippen molar-refractivity contribution in [1.29, 1.82) is 0 Å². The second kappa shape index (κ2) is 9.80. The van der Waals surface area contributed by atoms with Crippen LogP contribution in [-0.2, 0) is 23.3 Å². The van der Waals surface area contributed by atoms with Gasteiger partial charge in [-0.2, -0.15) is 0 Å². The van der Waals surface area contributed by atoms with Crippen molar-refractivity contribution in [3.8, 4) is 0 Å². The van der Waals surface area contributed by atoms with Crippen molar-refractivity contribution in [3.05, 3.63) is 68.8 Å². The first-order valence-corrected chi connectivity index (χ1v) is 12.0. The summed E-state index contributed by atoms with van der Waals surface area (Å²) in [4.78, 5) is 35.1. The Morgan fingerprint density at radius 1 is 1.23 bits per heavy atom. The van der Waals surface area contributed by atoms with E-state index in [0.717, 1.165) is 41.7 Å². The van der Waals surface area contributed by atoms with Gasteiger partial charge in [-0.25, -0.2) is 14.8 Å². The molecule has 0 saturated heterocycles. The fourth-order valence-corrected chi connectivity index (χ4v) is 5.66. The number of halogens is 1. The molecule has 0 radical (unpaired) electrons. The number of esters is 1. The number of fused-ring (bicyclic) bond motifs is 1.